The average molecular weight is 202 g/mol. The van der Waals surface area contributed by atoms with Gasteiger partial charge in [0.2, 0.25) is 0 Å². The molecular formula is C14H18O. The van der Waals surface area contributed by atoms with Gasteiger partial charge < -0.3 is 0 Å². The predicted octanol–water partition coefficient (Wildman–Crippen LogP) is 3.80. The molecule has 0 heterocycles. The molecule has 80 valence electrons. The lowest BCUT2D eigenvalue weighted by atomic mass is 9.97. The fraction of sp³-hybridized carbons (Fsp3) is 0.357. The SMILES string of the molecule is CCC(C)c1ccc(/C=C(\C)C=O)cc1. The summed E-state index contributed by atoms with van der Waals surface area (Å²) in [4.78, 5) is 10.5. The molecule has 0 saturated carbocycles. The van der Waals surface area contributed by atoms with Crippen LogP contribution in [-0.4, -0.2) is 6.29 Å². The van der Waals surface area contributed by atoms with Gasteiger partial charge in [-0.3, -0.25) is 4.79 Å². The molecule has 0 aliphatic heterocycles. The van der Waals surface area contributed by atoms with Crippen LogP contribution in [0.2, 0.25) is 0 Å². The summed E-state index contributed by atoms with van der Waals surface area (Å²) < 4.78 is 0. The smallest absolute Gasteiger partial charge is 0.145 e. The van der Waals surface area contributed by atoms with Crippen molar-refractivity contribution in [2.45, 2.75) is 33.1 Å². The van der Waals surface area contributed by atoms with Crippen LogP contribution in [0.1, 0.15) is 44.2 Å². The van der Waals surface area contributed by atoms with Gasteiger partial charge in [-0.15, -0.1) is 0 Å². The molecule has 15 heavy (non-hydrogen) atoms. The number of carbonyl (C=O) groups excluding carboxylic acids is 1. The van der Waals surface area contributed by atoms with Crippen molar-refractivity contribution in [2.75, 3.05) is 0 Å². The van der Waals surface area contributed by atoms with E-state index in [2.05, 4.69) is 38.1 Å². The number of allylic oxidation sites excluding steroid dienone is 1. The molecule has 1 atom stereocenters. The van der Waals surface area contributed by atoms with Crippen LogP contribution in [0.15, 0.2) is 29.8 Å². The average Bonchev–Trinajstić information content (AvgIpc) is 2.29. The molecule has 0 radical (unpaired) electrons. The first kappa shape index (κ1) is 11.7. The largest absolute Gasteiger partial charge is 0.298 e. The fourth-order valence-corrected chi connectivity index (χ4v) is 1.45. The van der Waals surface area contributed by atoms with E-state index in [9.17, 15) is 4.79 Å². The van der Waals surface area contributed by atoms with Gasteiger partial charge in [-0.2, -0.15) is 0 Å². The van der Waals surface area contributed by atoms with Crippen LogP contribution in [0.5, 0.6) is 0 Å². The van der Waals surface area contributed by atoms with Crippen molar-refractivity contribution in [3.8, 4) is 0 Å². The third-order valence-electron chi connectivity index (χ3n) is 2.70. The molecule has 0 aliphatic rings. The molecule has 1 aromatic rings. The summed E-state index contributed by atoms with van der Waals surface area (Å²) in [6.07, 6.45) is 3.93. The maximum atomic E-state index is 10.5. The lowest BCUT2D eigenvalue weighted by Gasteiger charge is -2.08. The summed E-state index contributed by atoms with van der Waals surface area (Å²) in [5, 5.41) is 0. The van der Waals surface area contributed by atoms with E-state index in [1.807, 2.05) is 13.0 Å². The minimum absolute atomic E-state index is 0.607. The first-order chi connectivity index (χ1) is 7.17. The number of carbonyl (C=O) groups is 1. The summed E-state index contributed by atoms with van der Waals surface area (Å²) in [6, 6.07) is 8.40. The first-order valence-corrected chi connectivity index (χ1v) is 5.40. The standard InChI is InChI=1S/C14H18O/c1-4-12(3)14-7-5-13(6-8-14)9-11(2)10-15/h5-10,12H,4H2,1-3H3/b11-9+. The Morgan fingerprint density at radius 1 is 1.33 bits per heavy atom. The van der Waals surface area contributed by atoms with Gasteiger partial charge in [-0.05, 0) is 42.0 Å². The normalized spacial score (nSPS) is 13.7. The Morgan fingerprint density at radius 3 is 2.40 bits per heavy atom. The van der Waals surface area contributed by atoms with Crippen LogP contribution in [0.3, 0.4) is 0 Å². The van der Waals surface area contributed by atoms with Crippen molar-refractivity contribution in [1.29, 1.82) is 0 Å². The lowest BCUT2D eigenvalue weighted by Crippen LogP contribution is -1.90. The van der Waals surface area contributed by atoms with Crippen LogP contribution >= 0.6 is 0 Å². The molecule has 1 rings (SSSR count). The Balaban J connectivity index is 2.85. The van der Waals surface area contributed by atoms with Gasteiger partial charge in [0.1, 0.15) is 6.29 Å². The predicted molar refractivity (Wildman–Crippen MR) is 64.9 cm³/mol. The molecule has 1 aromatic carbocycles. The van der Waals surface area contributed by atoms with Gasteiger partial charge >= 0.3 is 0 Å². The Kier molecular flexibility index (Phi) is 4.29. The van der Waals surface area contributed by atoms with Crippen molar-refractivity contribution in [1.82, 2.24) is 0 Å². The molecule has 0 bridgehead atoms. The van der Waals surface area contributed by atoms with E-state index >= 15 is 0 Å². The topological polar surface area (TPSA) is 17.1 Å². The molecule has 0 N–H and O–H groups in total. The van der Waals surface area contributed by atoms with Gasteiger partial charge in [-0.1, -0.05) is 38.1 Å². The van der Waals surface area contributed by atoms with Gasteiger partial charge in [0.05, 0.1) is 0 Å². The van der Waals surface area contributed by atoms with Gasteiger partial charge in [0.15, 0.2) is 0 Å². The van der Waals surface area contributed by atoms with E-state index in [-0.39, 0.29) is 0 Å². The summed E-state index contributed by atoms with van der Waals surface area (Å²) in [5.74, 6) is 0.607. The Bertz CT molecular complexity index is 346. The Morgan fingerprint density at radius 2 is 1.93 bits per heavy atom. The zero-order valence-corrected chi connectivity index (χ0v) is 9.66. The van der Waals surface area contributed by atoms with Crippen LogP contribution < -0.4 is 0 Å². The molecule has 0 aliphatic carbocycles. The van der Waals surface area contributed by atoms with E-state index in [1.165, 1.54) is 5.56 Å². The van der Waals surface area contributed by atoms with Gasteiger partial charge in [0.25, 0.3) is 0 Å². The highest BCUT2D eigenvalue weighted by Crippen LogP contribution is 2.19. The highest BCUT2D eigenvalue weighted by atomic mass is 16.1. The van der Waals surface area contributed by atoms with Crippen LogP contribution in [0.25, 0.3) is 6.08 Å². The monoisotopic (exact) mass is 202 g/mol. The molecule has 0 spiro atoms. The quantitative estimate of drug-likeness (QED) is 0.536. The van der Waals surface area contributed by atoms with E-state index in [1.54, 1.807) is 0 Å². The van der Waals surface area contributed by atoms with E-state index in [0.29, 0.717) is 5.92 Å². The highest BCUT2D eigenvalue weighted by Gasteiger charge is 2.01. The van der Waals surface area contributed by atoms with Crippen molar-refractivity contribution < 1.29 is 4.79 Å². The summed E-state index contributed by atoms with van der Waals surface area (Å²) in [5.41, 5.74) is 3.20. The molecule has 0 fully saturated rings. The third kappa shape index (κ3) is 3.35. The van der Waals surface area contributed by atoms with Crippen molar-refractivity contribution in [3.05, 3.63) is 41.0 Å². The maximum absolute atomic E-state index is 10.5. The lowest BCUT2D eigenvalue weighted by molar-refractivity contribution is -0.104. The van der Waals surface area contributed by atoms with Crippen LogP contribution in [0, 0.1) is 0 Å². The zero-order valence-electron chi connectivity index (χ0n) is 9.66. The van der Waals surface area contributed by atoms with Crippen molar-refractivity contribution in [3.63, 3.8) is 0 Å². The molecule has 0 amide bonds. The minimum atomic E-state index is 0.607. The first-order valence-electron chi connectivity index (χ1n) is 5.40. The maximum Gasteiger partial charge on any atom is 0.145 e. The number of hydrogen-bond acceptors (Lipinski definition) is 1. The molecule has 0 aromatic heterocycles. The van der Waals surface area contributed by atoms with E-state index in [0.717, 1.165) is 23.8 Å². The van der Waals surface area contributed by atoms with Gasteiger partial charge in [-0.25, -0.2) is 0 Å². The minimum Gasteiger partial charge on any atom is -0.298 e. The second-order valence-electron chi connectivity index (χ2n) is 3.98. The van der Waals surface area contributed by atoms with Gasteiger partial charge in [0, 0.05) is 0 Å². The Labute approximate surface area is 91.8 Å². The summed E-state index contributed by atoms with van der Waals surface area (Å²) >= 11 is 0. The Hall–Kier alpha value is -1.37. The second-order valence-corrected chi connectivity index (χ2v) is 3.98. The van der Waals surface area contributed by atoms with Crippen molar-refractivity contribution >= 4 is 12.4 Å². The molecular weight excluding hydrogens is 184 g/mol. The highest BCUT2D eigenvalue weighted by molar-refractivity contribution is 5.80. The number of aldehydes is 1. The zero-order chi connectivity index (χ0) is 11.3. The van der Waals surface area contributed by atoms with E-state index < -0.39 is 0 Å². The molecule has 1 nitrogen and oxygen atoms in total. The summed E-state index contributed by atoms with van der Waals surface area (Å²) in [6.45, 7) is 6.23. The molecule has 1 heteroatoms. The van der Waals surface area contributed by atoms with Crippen LogP contribution in [-0.2, 0) is 4.79 Å². The van der Waals surface area contributed by atoms with Crippen molar-refractivity contribution in [2.24, 2.45) is 0 Å². The fourth-order valence-electron chi connectivity index (χ4n) is 1.45. The third-order valence-corrected chi connectivity index (χ3v) is 2.70. The van der Waals surface area contributed by atoms with E-state index in [4.69, 9.17) is 0 Å². The van der Waals surface area contributed by atoms with Crippen LogP contribution in [0.4, 0.5) is 0 Å². The number of benzene rings is 1. The second kappa shape index (κ2) is 5.50. The number of hydrogen-bond donors (Lipinski definition) is 0. The number of rotatable bonds is 4. The summed E-state index contributed by atoms with van der Waals surface area (Å²) in [7, 11) is 0. The molecule has 0 saturated heterocycles. The molecule has 1 unspecified atom stereocenters.